The van der Waals surface area contributed by atoms with Crippen molar-refractivity contribution in [3.05, 3.63) is 65.2 Å². The summed E-state index contributed by atoms with van der Waals surface area (Å²) in [5.41, 5.74) is 5.57. The van der Waals surface area contributed by atoms with Crippen LogP contribution in [0.3, 0.4) is 0 Å². The first kappa shape index (κ1) is 21.2. The van der Waals surface area contributed by atoms with Gasteiger partial charge in [-0.3, -0.25) is 4.98 Å². The molecule has 4 heteroatoms. The zero-order valence-electron chi connectivity index (χ0n) is 18.3. The van der Waals surface area contributed by atoms with E-state index in [1.165, 1.54) is 35.9 Å². The van der Waals surface area contributed by atoms with Gasteiger partial charge >= 0.3 is 0 Å². The number of aryl methyl sites for hydroxylation is 1. The van der Waals surface area contributed by atoms with Gasteiger partial charge in [-0.25, -0.2) is 4.39 Å². The van der Waals surface area contributed by atoms with Crippen LogP contribution in [0.1, 0.15) is 68.1 Å². The zero-order chi connectivity index (χ0) is 21.4. The molecule has 1 saturated carbocycles. The van der Waals surface area contributed by atoms with Crippen molar-refractivity contribution in [3.63, 3.8) is 0 Å². The first-order chi connectivity index (χ1) is 15.1. The van der Waals surface area contributed by atoms with Crippen molar-refractivity contribution in [2.75, 3.05) is 12.4 Å². The zero-order valence-corrected chi connectivity index (χ0v) is 19.1. The van der Waals surface area contributed by atoms with Crippen LogP contribution in [0.4, 0.5) is 4.39 Å². The van der Waals surface area contributed by atoms with Gasteiger partial charge in [-0.05, 0) is 114 Å². The van der Waals surface area contributed by atoms with E-state index in [1.807, 2.05) is 18.0 Å². The van der Waals surface area contributed by atoms with Gasteiger partial charge in [0.05, 0.1) is 6.20 Å². The normalized spacial score (nSPS) is 29.1. The number of thioether (sulfide) groups is 1. The van der Waals surface area contributed by atoms with Crippen molar-refractivity contribution in [3.8, 4) is 0 Å². The fourth-order valence-corrected chi connectivity index (χ4v) is 7.60. The lowest BCUT2D eigenvalue weighted by molar-refractivity contribution is 0.0885. The molecule has 0 bridgehead atoms. The van der Waals surface area contributed by atoms with Gasteiger partial charge in [0.1, 0.15) is 5.82 Å². The highest BCUT2D eigenvalue weighted by Crippen LogP contribution is 2.63. The number of allylic oxidation sites excluding steroid dienone is 2. The lowest BCUT2D eigenvalue weighted by Crippen LogP contribution is -2.40. The molecule has 1 N–H and O–H groups in total. The van der Waals surface area contributed by atoms with Crippen LogP contribution >= 0.6 is 11.8 Å². The van der Waals surface area contributed by atoms with E-state index >= 15 is 0 Å². The minimum absolute atomic E-state index is 0.136. The molecular formula is C27H32FNOS. The number of rotatable bonds is 6. The summed E-state index contributed by atoms with van der Waals surface area (Å²) in [6, 6.07) is 8.81. The molecule has 0 aliphatic heterocycles. The van der Waals surface area contributed by atoms with Crippen LogP contribution in [0, 0.1) is 23.1 Å². The Labute approximate surface area is 189 Å². The van der Waals surface area contributed by atoms with Gasteiger partial charge in [0.25, 0.3) is 0 Å². The molecule has 0 saturated heterocycles. The smallest absolute Gasteiger partial charge is 0.142 e. The minimum Gasteiger partial charge on any atom is -0.396 e. The molecule has 0 radical (unpaired) electrons. The molecule has 1 aromatic carbocycles. The summed E-state index contributed by atoms with van der Waals surface area (Å²) in [7, 11) is 0. The molecule has 0 spiro atoms. The van der Waals surface area contributed by atoms with E-state index in [0.29, 0.717) is 24.4 Å². The first-order valence-corrected chi connectivity index (χ1v) is 12.8. The highest BCUT2D eigenvalue weighted by Gasteiger charge is 2.51. The Bertz CT molecular complexity index is 989. The molecular weight excluding hydrogens is 405 g/mol. The minimum atomic E-state index is -0.240. The van der Waals surface area contributed by atoms with Gasteiger partial charge in [-0.1, -0.05) is 19.1 Å². The van der Waals surface area contributed by atoms with E-state index in [1.54, 1.807) is 17.2 Å². The molecule has 31 heavy (non-hydrogen) atoms. The quantitative estimate of drug-likeness (QED) is 0.406. The number of aliphatic hydroxyl groups is 1. The van der Waals surface area contributed by atoms with Crippen LogP contribution in [0.2, 0.25) is 0 Å². The third kappa shape index (κ3) is 3.87. The third-order valence-corrected chi connectivity index (χ3v) is 9.20. The number of pyridine rings is 1. The predicted octanol–water partition coefficient (Wildman–Crippen LogP) is 6.63. The molecule has 3 aliphatic rings. The van der Waals surface area contributed by atoms with Crippen molar-refractivity contribution in [2.24, 2.45) is 17.3 Å². The SMILES string of the molecule is CC12CCC3c4ccc(SCCCCO)cc4CCC3C1CC=C2c1cncc(F)c1. The molecule has 4 unspecified atom stereocenters. The van der Waals surface area contributed by atoms with E-state index in [-0.39, 0.29) is 11.2 Å². The predicted molar refractivity (Wildman–Crippen MR) is 126 cm³/mol. The third-order valence-electron chi connectivity index (χ3n) is 8.12. The summed E-state index contributed by atoms with van der Waals surface area (Å²) >= 11 is 1.92. The first-order valence-electron chi connectivity index (χ1n) is 11.8. The molecule has 0 amide bonds. The highest BCUT2D eigenvalue weighted by molar-refractivity contribution is 7.99. The molecule has 1 aromatic heterocycles. The Hall–Kier alpha value is -1.65. The molecule has 1 heterocycles. The average Bonchev–Trinajstić information content (AvgIpc) is 3.13. The van der Waals surface area contributed by atoms with Gasteiger partial charge in [-0.15, -0.1) is 11.8 Å². The maximum absolute atomic E-state index is 13.8. The Kier molecular flexibility index (Phi) is 5.96. The summed E-state index contributed by atoms with van der Waals surface area (Å²) in [4.78, 5) is 5.49. The topological polar surface area (TPSA) is 33.1 Å². The number of hydrogen-bond donors (Lipinski definition) is 1. The van der Waals surface area contributed by atoms with Crippen molar-refractivity contribution in [2.45, 2.75) is 62.7 Å². The number of fused-ring (bicyclic) bond motifs is 5. The van der Waals surface area contributed by atoms with E-state index < -0.39 is 0 Å². The molecule has 5 rings (SSSR count). The van der Waals surface area contributed by atoms with Crippen molar-refractivity contribution in [1.82, 2.24) is 4.98 Å². The lowest BCUT2D eigenvalue weighted by atomic mass is 9.54. The monoisotopic (exact) mass is 437 g/mol. The van der Waals surface area contributed by atoms with Crippen LogP contribution in [0.25, 0.3) is 5.57 Å². The second kappa shape index (κ2) is 8.71. The number of aromatic nitrogens is 1. The standard InChI is InChI=1S/C27H32FNOS/c1-27-11-10-23-22-7-5-21(31-13-3-2-12-30)15-18(22)4-6-24(23)26(27)9-8-25(27)19-14-20(28)17-29-16-19/h5,7-8,14-17,23-24,26,30H,2-4,6,9-13H2,1H3. The van der Waals surface area contributed by atoms with Crippen LogP contribution in [0.15, 0.2) is 47.6 Å². The van der Waals surface area contributed by atoms with E-state index in [4.69, 9.17) is 5.11 Å². The number of halogens is 1. The molecule has 164 valence electrons. The van der Waals surface area contributed by atoms with Gasteiger partial charge in [0.15, 0.2) is 0 Å². The summed E-state index contributed by atoms with van der Waals surface area (Å²) in [5.74, 6) is 2.86. The van der Waals surface area contributed by atoms with Crippen molar-refractivity contribution in [1.29, 1.82) is 0 Å². The van der Waals surface area contributed by atoms with Gasteiger partial charge < -0.3 is 5.11 Å². The molecule has 4 atom stereocenters. The summed E-state index contributed by atoms with van der Waals surface area (Å²) in [5, 5.41) is 8.98. The van der Waals surface area contributed by atoms with E-state index in [0.717, 1.165) is 37.0 Å². The van der Waals surface area contributed by atoms with E-state index in [2.05, 4.69) is 36.2 Å². The molecule has 2 aromatic rings. The van der Waals surface area contributed by atoms with Gasteiger partial charge in [-0.2, -0.15) is 0 Å². The second-order valence-electron chi connectivity index (χ2n) is 9.76. The Balaban J connectivity index is 1.34. The van der Waals surface area contributed by atoms with Crippen molar-refractivity contribution >= 4 is 17.3 Å². The fourth-order valence-electron chi connectivity index (χ4n) is 6.63. The summed E-state index contributed by atoms with van der Waals surface area (Å²) < 4.78 is 13.8. The average molecular weight is 438 g/mol. The lowest BCUT2D eigenvalue weighted by Gasteiger charge is -2.50. The fraction of sp³-hybridized carbons (Fsp3) is 0.519. The van der Waals surface area contributed by atoms with Gasteiger partial charge in [0, 0.05) is 17.7 Å². The molecule has 2 nitrogen and oxygen atoms in total. The maximum atomic E-state index is 13.8. The summed E-state index contributed by atoms with van der Waals surface area (Å²) in [6.45, 7) is 2.71. The Morgan fingerprint density at radius 3 is 2.94 bits per heavy atom. The van der Waals surface area contributed by atoms with Crippen LogP contribution < -0.4 is 0 Å². The van der Waals surface area contributed by atoms with E-state index in [9.17, 15) is 4.39 Å². The number of unbranched alkanes of at least 4 members (excludes halogenated alkanes) is 1. The Morgan fingerprint density at radius 1 is 1.19 bits per heavy atom. The number of hydrogen-bond acceptors (Lipinski definition) is 3. The van der Waals surface area contributed by atoms with Gasteiger partial charge in [0.2, 0.25) is 0 Å². The largest absolute Gasteiger partial charge is 0.396 e. The Morgan fingerprint density at radius 2 is 2.10 bits per heavy atom. The maximum Gasteiger partial charge on any atom is 0.142 e. The number of nitrogens with zero attached hydrogens (tertiary/aromatic N) is 1. The number of aliphatic hydroxyl groups excluding tert-OH is 1. The van der Waals surface area contributed by atoms with Crippen LogP contribution in [-0.4, -0.2) is 22.5 Å². The van der Waals surface area contributed by atoms with Crippen LogP contribution in [0.5, 0.6) is 0 Å². The second-order valence-corrected chi connectivity index (χ2v) is 10.9. The summed E-state index contributed by atoms with van der Waals surface area (Å²) in [6.07, 6.45) is 13.4. The highest BCUT2D eigenvalue weighted by atomic mass is 32.2. The molecule has 1 fully saturated rings. The number of benzene rings is 1. The van der Waals surface area contributed by atoms with Crippen LogP contribution in [-0.2, 0) is 6.42 Å². The van der Waals surface area contributed by atoms with Crippen molar-refractivity contribution < 1.29 is 9.50 Å². The molecule has 3 aliphatic carbocycles.